The van der Waals surface area contributed by atoms with Crippen molar-refractivity contribution >= 4 is 17.1 Å². The van der Waals surface area contributed by atoms with Crippen LogP contribution in [0.5, 0.6) is 0 Å². The lowest BCUT2D eigenvalue weighted by Crippen LogP contribution is -2.23. The number of carbonyl (C=O) groups excluding carboxylic acids is 2. The third-order valence-corrected chi connectivity index (χ3v) is 2.68. The molecule has 1 aliphatic rings. The third kappa shape index (κ3) is 1.60. The fraction of sp³-hybridized carbons (Fsp3) is 0.0714. The number of fused-ring (bicyclic) bond motifs is 1. The van der Waals surface area contributed by atoms with Crippen LogP contribution in [0, 0.1) is 11.3 Å². The minimum atomic E-state index is -0.597. The normalized spacial score (nSPS) is 14.3. The van der Waals surface area contributed by atoms with E-state index in [1.54, 1.807) is 24.3 Å². The molecule has 17 heavy (non-hydrogen) atoms. The molecule has 0 amide bonds. The van der Waals surface area contributed by atoms with Crippen molar-refractivity contribution in [1.82, 2.24) is 0 Å². The van der Waals surface area contributed by atoms with E-state index in [9.17, 15) is 9.59 Å². The second-order valence-electron chi connectivity index (χ2n) is 3.66. The fourth-order valence-electron chi connectivity index (χ4n) is 1.90. The van der Waals surface area contributed by atoms with Gasteiger partial charge in [-0.2, -0.15) is 5.26 Å². The summed E-state index contributed by atoms with van der Waals surface area (Å²) in [6.45, 7) is 3.53. The Hall–Kier alpha value is -2.47. The van der Waals surface area contributed by atoms with Crippen molar-refractivity contribution in [3.8, 4) is 6.07 Å². The Balaban J connectivity index is 2.76. The van der Waals surface area contributed by atoms with Gasteiger partial charge in [0.15, 0.2) is 0 Å². The molecule has 82 valence electrons. The number of Topliss-reactive ketones (excluding diaryl/α,β-unsaturated/α-hetero) is 2. The summed E-state index contributed by atoms with van der Waals surface area (Å²) in [5.41, 5.74) is 1.37. The molecule has 1 aromatic carbocycles. The summed E-state index contributed by atoms with van der Waals surface area (Å²) in [5, 5.41) is 9.13. The van der Waals surface area contributed by atoms with Gasteiger partial charge in [0.2, 0.25) is 11.6 Å². The first kappa shape index (κ1) is 11.0. The topological polar surface area (TPSA) is 57.9 Å². The van der Waals surface area contributed by atoms with Crippen LogP contribution in [0.4, 0.5) is 0 Å². The van der Waals surface area contributed by atoms with Gasteiger partial charge >= 0.3 is 0 Å². The zero-order valence-electron chi connectivity index (χ0n) is 9.06. The molecule has 0 unspecified atom stereocenters. The van der Waals surface area contributed by atoms with Gasteiger partial charge in [-0.3, -0.25) is 9.59 Å². The maximum atomic E-state index is 11.8. The van der Waals surface area contributed by atoms with Crippen molar-refractivity contribution in [3.05, 3.63) is 53.6 Å². The SMILES string of the molecule is C=CCC1=C(C#N)c2ccccc2C(=O)C1=O. The van der Waals surface area contributed by atoms with Crippen LogP contribution in [0.3, 0.4) is 0 Å². The molecule has 0 aliphatic heterocycles. The Labute approximate surface area is 98.7 Å². The van der Waals surface area contributed by atoms with Crippen LogP contribution in [-0.2, 0) is 4.79 Å². The molecule has 0 saturated heterocycles. The Morgan fingerprint density at radius 1 is 1.18 bits per heavy atom. The lowest BCUT2D eigenvalue weighted by molar-refractivity contribution is -0.111. The van der Waals surface area contributed by atoms with Gasteiger partial charge in [0.1, 0.15) is 6.07 Å². The predicted molar refractivity (Wildman–Crippen MR) is 63.1 cm³/mol. The zero-order valence-corrected chi connectivity index (χ0v) is 9.06. The number of carbonyl (C=O) groups is 2. The van der Waals surface area contributed by atoms with Crippen molar-refractivity contribution in [1.29, 1.82) is 5.26 Å². The zero-order chi connectivity index (χ0) is 12.4. The van der Waals surface area contributed by atoms with E-state index in [-0.39, 0.29) is 17.6 Å². The Bertz CT molecular complexity index is 603. The van der Waals surface area contributed by atoms with E-state index in [2.05, 4.69) is 6.58 Å². The molecule has 0 bridgehead atoms. The first-order valence-electron chi connectivity index (χ1n) is 5.13. The second-order valence-corrected chi connectivity index (χ2v) is 3.66. The fourth-order valence-corrected chi connectivity index (χ4v) is 1.90. The molecule has 1 aliphatic carbocycles. The summed E-state index contributed by atoms with van der Waals surface area (Å²) in [4.78, 5) is 23.7. The number of ketones is 2. The molecule has 0 heterocycles. The highest BCUT2D eigenvalue weighted by molar-refractivity contribution is 6.52. The number of hydrogen-bond donors (Lipinski definition) is 0. The van der Waals surface area contributed by atoms with Crippen LogP contribution in [0.1, 0.15) is 22.3 Å². The molecule has 0 saturated carbocycles. The highest BCUT2D eigenvalue weighted by Crippen LogP contribution is 2.30. The van der Waals surface area contributed by atoms with E-state index in [1.165, 1.54) is 6.08 Å². The highest BCUT2D eigenvalue weighted by Gasteiger charge is 2.31. The smallest absolute Gasteiger partial charge is 0.233 e. The molecule has 3 nitrogen and oxygen atoms in total. The summed E-state index contributed by atoms with van der Waals surface area (Å²) < 4.78 is 0. The van der Waals surface area contributed by atoms with Crippen LogP contribution >= 0.6 is 0 Å². The van der Waals surface area contributed by atoms with E-state index >= 15 is 0 Å². The number of nitrogens with zero attached hydrogens (tertiary/aromatic N) is 1. The number of rotatable bonds is 2. The number of hydrogen-bond acceptors (Lipinski definition) is 3. The minimum absolute atomic E-state index is 0.238. The highest BCUT2D eigenvalue weighted by atomic mass is 16.2. The van der Waals surface area contributed by atoms with Crippen LogP contribution in [-0.4, -0.2) is 11.6 Å². The van der Waals surface area contributed by atoms with E-state index in [0.29, 0.717) is 11.1 Å². The molecule has 0 aromatic heterocycles. The third-order valence-electron chi connectivity index (χ3n) is 2.68. The molecular weight excluding hydrogens is 214 g/mol. The van der Waals surface area contributed by atoms with Crippen molar-refractivity contribution in [2.75, 3.05) is 0 Å². The van der Waals surface area contributed by atoms with Gasteiger partial charge in [-0.15, -0.1) is 6.58 Å². The van der Waals surface area contributed by atoms with Crippen LogP contribution < -0.4 is 0 Å². The maximum Gasteiger partial charge on any atom is 0.233 e. The van der Waals surface area contributed by atoms with Gasteiger partial charge in [-0.1, -0.05) is 30.3 Å². The molecule has 0 radical (unpaired) electrons. The van der Waals surface area contributed by atoms with Gasteiger partial charge in [0, 0.05) is 16.7 Å². The van der Waals surface area contributed by atoms with E-state index in [1.807, 2.05) is 6.07 Å². The summed E-state index contributed by atoms with van der Waals surface area (Å²) in [7, 11) is 0. The van der Waals surface area contributed by atoms with Crippen molar-refractivity contribution in [3.63, 3.8) is 0 Å². The standard InChI is InChI=1S/C14H9NO2/c1-2-5-10-12(8-15)9-6-3-4-7-11(9)14(17)13(10)16/h2-4,6-7H,1,5H2. The van der Waals surface area contributed by atoms with Gasteiger partial charge in [0.05, 0.1) is 5.57 Å². The molecular formula is C14H9NO2. The molecule has 2 rings (SSSR count). The van der Waals surface area contributed by atoms with Gasteiger partial charge in [0.25, 0.3) is 0 Å². The van der Waals surface area contributed by atoms with Gasteiger partial charge in [-0.25, -0.2) is 0 Å². The van der Waals surface area contributed by atoms with Gasteiger partial charge < -0.3 is 0 Å². The predicted octanol–water partition coefficient (Wildman–Crippen LogP) is 2.31. The largest absolute Gasteiger partial charge is 0.285 e. The van der Waals surface area contributed by atoms with Crippen molar-refractivity contribution < 1.29 is 9.59 Å². The van der Waals surface area contributed by atoms with E-state index in [0.717, 1.165) is 0 Å². The average molecular weight is 223 g/mol. The Morgan fingerprint density at radius 3 is 2.41 bits per heavy atom. The summed E-state index contributed by atoms with van der Waals surface area (Å²) in [6.07, 6.45) is 1.76. The van der Waals surface area contributed by atoms with E-state index < -0.39 is 11.6 Å². The molecule has 0 atom stereocenters. The molecule has 1 aromatic rings. The van der Waals surface area contributed by atoms with Crippen LogP contribution in [0.2, 0.25) is 0 Å². The minimum Gasteiger partial charge on any atom is -0.285 e. The summed E-state index contributed by atoms with van der Waals surface area (Å²) >= 11 is 0. The van der Waals surface area contributed by atoms with Gasteiger partial charge in [-0.05, 0) is 6.42 Å². The second kappa shape index (κ2) is 4.18. The number of allylic oxidation sites excluding steroid dienone is 3. The quantitative estimate of drug-likeness (QED) is 0.571. The molecule has 0 fully saturated rings. The van der Waals surface area contributed by atoms with E-state index in [4.69, 9.17) is 5.26 Å². The van der Waals surface area contributed by atoms with Crippen LogP contribution in [0.25, 0.3) is 5.57 Å². The summed E-state index contributed by atoms with van der Waals surface area (Å²) in [6, 6.07) is 8.67. The van der Waals surface area contributed by atoms with Crippen molar-refractivity contribution in [2.45, 2.75) is 6.42 Å². The maximum absolute atomic E-state index is 11.8. The average Bonchev–Trinajstić information content (AvgIpc) is 2.36. The monoisotopic (exact) mass is 223 g/mol. The molecule has 0 N–H and O–H groups in total. The van der Waals surface area contributed by atoms with Crippen LogP contribution in [0.15, 0.2) is 42.5 Å². The molecule has 3 heteroatoms. The first-order valence-corrected chi connectivity index (χ1v) is 5.13. The Morgan fingerprint density at radius 2 is 1.82 bits per heavy atom. The molecule has 0 spiro atoms. The lowest BCUT2D eigenvalue weighted by Gasteiger charge is -2.16. The lowest BCUT2D eigenvalue weighted by atomic mass is 9.83. The number of benzene rings is 1. The summed E-state index contributed by atoms with van der Waals surface area (Å²) in [5.74, 6) is -1.14. The first-order chi connectivity index (χ1) is 8.20. The number of nitriles is 1. The Kier molecular flexibility index (Phi) is 2.71. The van der Waals surface area contributed by atoms with Crippen molar-refractivity contribution in [2.24, 2.45) is 0 Å².